The summed E-state index contributed by atoms with van der Waals surface area (Å²) in [5.41, 5.74) is 0.0597. The Morgan fingerprint density at radius 3 is 2.68 bits per heavy atom. The Kier molecular flexibility index (Phi) is 4.82. The Morgan fingerprint density at radius 1 is 1.14 bits per heavy atom. The van der Waals surface area contributed by atoms with Crippen LogP contribution in [0.15, 0.2) is 68.9 Å². The van der Waals surface area contributed by atoms with Crippen LogP contribution in [0.25, 0.3) is 17.1 Å². The Labute approximate surface area is 171 Å². The Balaban J connectivity index is 1.87. The molecule has 0 fully saturated rings. The van der Waals surface area contributed by atoms with Gasteiger partial charge in [-0.15, -0.1) is 0 Å². The fourth-order valence-electron chi connectivity index (χ4n) is 2.86. The van der Waals surface area contributed by atoms with E-state index in [1.807, 2.05) is 0 Å². The first-order valence-electron chi connectivity index (χ1n) is 8.12. The van der Waals surface area contributed by atoms with Crippen molar-refractivity contribution in [1.82, 2.24) is 19.1 Å². The minimum absolute atomic E-state index is 0.148. The van der Waals surface area contributed by atoms with E-state index in [2.05, 4.69) is 25.9 Å². The lowest BCUT2D eigenvalue weighted by molar-refractivity contribution is 0.620. The fourth-order valence-corrected chi connectivity index (χ4v) is 3.34. The molecule has 0 unspecified atom stereocenters. The first-order chi connectivity index (χ1) is 13.4. The monoisotopic (exact) mass is 460 g/mol. The lowest BCUT2D eigenvalue weighted by Crippen LogP contribution is -2.36. The Morgan fingerprint density at radius 2 is 1.96 bits per heavy atom. The van der Waals surface area contributed by atoms with Crippen LogP contribution in [0.5, 0.6) is 0 Å². The van der Waals surface area contributed by atoms with Gasteiger partial charge >= 0.3 is 5.69 Å². The molecule has 0 aliphatic carbocycles. The van der Waals surface area contributed by atoms with E-state index < -0.39 is 17.1 Å². The molecule has 0 spiro atoms. The average molecular weight is 462 g/mol. The van der Waals surface area contributed by atoms with Gasteiger partial charge in [0.1, 0.15) is 11.0 Å². The van der Waals surface area contributed by atoms with Crippen LogP contribution < -0.4 is 11.2 Å². The predicted octanol–water partition coefficient (Wildman–Crippen LogP) is 3.50. The van der Waals surface area contributed by atoms with E-state index in [-0.39, 0.29) is 21.5 Å². The second kappa shape index (κ2) is 7.29. The van der Waals surface area contributed by atoms with Gasteiger partial charge in [-0.1, -0.05) is 17.7 Å². The summed E-state index contributed by atoms with van der Waals surface area (Å²) in [4.78, 5) is 33.7. The summed E-state index contributed by atoms with van der Waals surface area (Å²) in [6.07, 6.45) is 3.34. The van der Waals surface area contributed by atoms with Gasteiger partial charge in [-0.3, -0.25) is 4.79 Å². The van der Waals surface area contributed by atoms with Crippen LogP contribution in [0.3, 0.4) is 0 Å². The molecule has 1 aromatic carbocycles. The fraction of sp³-hybridized carbons (Fsp3) is 0.0526. The van der Waals surface area contributed by atoms with Gasteiger partial charge in [0.25, 0.3) is 5.56 Å². The molecule has 0 bridgehead atoms. The van der Waals surface area contributed by atoms with Crippen molar-refractivity contribution in [2.75, 3.05) is 0 Å². The number of hydrogen-bond acceptors (Lipinski definition) is 4. The first-order valence-corrected chi connectivity index (χ1v) is 9.29. The van der Waals surface area contributed by atoms with Crippen molar-refractivity contribution in [2.24, 2.45) is 0 Å². The third-order valence-corrected chi connectivity index (χ3v) is 5.00. The lowest BCUT2D eigenvalue weighted by Gasteiger charge is -2.15. The molecule has 1 aromatic heterocycles. The molecule has 9 heteroatoms. The van der Waals surface area contributed by atoms with Gasteiger partial charge in [0.05, 0.1) is 22.3 Å². The molecule has 4 rings (SSSR count). The number of hydrogen-bond donors (Lipinski definition) is 0. The molecule has 0 amide bonds. The molecule has 2 aliphatic rings. The summed E-state index contributed by atoms with van der Waals surface area (Å²) in [6, 6.07) is 10.6. The van der Waals surface area contributed by atoms with Crippen molar-refractivity contribution in [1.29, 1.82) is 0 Å². The number of halogens is 3. The second-order valence-electron chi connectivity index (χ2n) is 6.00. The molecule has 0 N–H and O–H groups in total. The zero-order valence-corrected chi connectivity index (χ0v) is 16.5. The molecule has 2 aliphatic heterocycles. The van der Waals surface area contributed by atoms with E-state index in [1.165, 1.54) is 18.2 Å². The van der Waals surface area contributed by atoms with Gasteiger partial charge in [-0.2, -0.15) is 4.98 Å². The summed E-state index contributed by atoms with van der Waals surface area (Å²) in [7, 11) is 0. The largest absolute Gasteiger partial charge is 0.357 e. The highest BCUT2D eigenvalue weighted by molar-refractivity contribution is 9.10. The van der Waals surface area contributed by atoms with Gasteiger partial charge in [0.15, 0.2) is 5.82 Å². The third kappa shape index (κ3) is 3.36. The van der Waals surface area contributed by atoms with Crippen LogP contribution in [0.4, 0.5) is 4.39 Å². The minimum atomic E-state index is -0.745. The standard InChI is InChI=1S/C19H11BrClFN4O2/c20-14-8-12(4-5-15(14)22)26-18(27)13-2-1-7-25(17(13)24-19(26)28)10-11-3-6-16(21)23-9-11/h1-9H,10H2. The Hall–Kier alpha value is -2.84. The van der Waals surface area contributed by atoms with Gasteiger partial charge in [-0.05, 0) is 57.9 Å². The summed E-state index contributed by atoms with van der Waals surface area (Å²) in [5, 5.41) is 0.375. The van der Waals surface area contributed by atoms with E-state index in [9.17, 15) is 14.0 Å². The number of pyridine rings is 2. The van der Waals surface area contributed by atoms with Crippen LogP contribution in [0.1, 0.15) is 5.56 Å². The number of aromatic nitrogens is 4. The van der Waals surface area contributed by atoms with Crippen LogP contribution in [-0.2, 0) is 6.54 Å². The lowest BCUT2D eigenvalue weighted by atomic mass is 10.2. The van der Waals surface area contributed by atoms with E-state index in [4.69, 9.17) is 11.6 Å². The van der Waals surface area contributed by atoms with Crippen molar-refractivity contribution < 1.29 is 4.39 Å². The van der Waals surface area contributed by atoms with Gasteiger partial charge in [0, 0.05) is 12.4 Å². The molecule has 0 radical (unpaired) electrons. The van der Waals surface area contributed by atoms with E-state index in [0.29, 0.717) is 11.7 Å². The minimum Gasteiger partial charge on any atom is -0.328 e. The second-order valence-corrected chi connectivity index (χ2v) is 7.24. The molecule has 3 heterocycles. The maximum absolute atomic E-state index is 13.5. The third-order valence-electron chi connectivity index (χ3n) is 4.17. The number of nitrogens with zero attached hydrogens (tertiary/aromatic N) is 4. The summed E-state index contributed by atoms with van der Waals surface area (Å²) < 4.78 is 16.3. The molecule has 0 atom stereocenters. The number of benzene rings is 1. The molecule has 0 saturated heterocycles. The van der Waals surface area contributed by atoms with Crippen molar-refractivity contribution >= 4 is 27.5 Å². The summed E-state index contributed by atoms with van der Waals surface area (Å²) >= 11 is 8.87. The highest BCUT2D eigenvalue weighted by Crippen LogP contribution is 2.20. The molecular formula is C19H11BrClFN4O2. The van der Waals surface area contributed by atoms with Gasteiger partial charge in [0.2, 0.25) is 0 Å². The SMILES string of the molecule is O=c1nc2n(Cc3ccc(Cl)nc3)cccc-2c(=O)n1-c1ccc(F)c(Br)c1. The zero-order valence-electron chi connectivity index (χ0n) is 14.1. The molecule has 0 saturated carbocycles. The molecular weight excluding hydrogens is 451 g/mol. The van der Waals surface area contributed by atoms with Gasteiger partial charge in [-0.25, -0.2) is 18.7 Å². The quantitative estimate of drug-likeness (QED) is 0.438. The topological polar surface area (TPSA) is 69.8 Å². The van der Waals surface area contributed by atoms with Gasteiger partial charge < -0.3 is 4.57 Å². The Bertz CT molecular complexity index is 1270. The average Bonchev–Trinajstić information content (AvgIpc) is 2.67. The van der Waals surface area contributed by atoms with E-state index >= 15 is 0 Å². The smallest absolute Gasteiger partial charge is 0.328 e. The summed E-state index contributed by atoms with van der Waals surface area (Å²) in [6.45, 7) is 0.361. The van der Waals surface area contributed by atoms with E-state index in [1.54, 1.807) is 41.2 Å². The maximum Gasteiger partial charge on any atom is 0.357 e. The van der Waals surface area contributed by atoms with Crippen molar-refractivity contribution in [3.05, 3.63) is 96.7 Å². The highest BCUT2D eigenvalue weighted by atomic mass is 79.9. The number of fused-ring (bicyclic) bond motifs is 1. The van der Waals surface area contributed by atoms with Crippen molar-refractivity contribution in [2.45, 2.75) is 6.54 Å². The van der Waals surface area contributed by atoms with Crippen molar-refractivity contribution in [3.63, 3.8) is 0 Å². The summed E-state index contributed by atoms with van der Waals surface area (Å²) in [5.74, 6) is -0.239. The van der Waals surface area contributed by atoms with E-state index in [0.717, 1.165) is 10.1 Å². The van der Waals surface area contributed by atoms with Crippen LogP contribution in [0.2, 0.25) is 5.15 Å². The van der Waals surface area contributed by atoms with Crippen molar-refractivity contribution in [3.8, 4) is 17.1 Å². The van der Waals surface area contributed by atoms with Crippen LogP contribution in [-0.4, -0.2) is 19.1 Å². The van der Waals surface area contributed by atoms with Crippen LogP contribution in [0, 0.1) is 5.82 Å². The highest BCUT2D eigenvalue weighted by Gasteiger charge is 2.18. The maximum atomic E-state index is 13.5. The zero-order chi connectivity index (χ0) is 19.8. The molecule has 140 valence electrons. The first kappa shape index (κ1) is 18.5. The van der Waals surface area contributed by atoms with Crippen LogP contribution >= 0.6 is 27.5 Å². The molecule has 6 nitrogen and oxygen atoms in total. The normalized spacial score (nSPS) is 11.1. The number of rotatable bonds is 3. The predicted molar refractivity (Wildman–Crippen MR) is 107 cm³/mol. The molecule has 2 aromatic rings. The molecule has 28 heavy (non-hydrogen) atoms.